The minimum absolute atomic E-state index is 0.237. The SMILES string of the molecule is CCOc1ccc(C(=O)[C@@H](C)OC(=O)c2c3c(nc4ccccc24)CCCC3)cc1. The number of ketones is 1. The van der Waals surface area contributed by atoms with Crippen LogP contribution in [0.5, 0.6) is 5.75 Å². The third kappa shape index (κ3) is 3.92. The number of benzene rings is 2. The topological polar surface area (TPSA) is 65.5 Å². The Kier molecular flexibility index (Phi) is 5.79. The van der Waals surface area contributed by atoms with E-state index in [4.69, 9.17) is 14.5 Å². The molecule has 0 saturated carbocycles. The Morgan fingerprint density at radius 2 is 1.77 bits per heavy atom. The molecule has 1 aromatic heterocycles. The molecular weight excluding hydrogens is 378 g/mol. The Hall–Kier alpha value is -3.21. The second kappa shape index (κ2) is 8.66. The quantitative estimate of drug-likeness (QED) is 0.431. The fourth-order valence-corrected chi connectivity index (χ4v) is 4.00. The number of esters is 1. The van der Waals surface area contributed by atoms with Gasteiger partial charge < -0.3 is 9.47 Å². The van der Waals surface area contributed by atoms with Crippen LogP contribution in [0.2, 0.25) is 0 Å². The largest absolute Gasteiger partial charge is 0.494 e. The zero-order valence-electron chi connectivity index (χ0n) is 17.3. The van der Waals surface area contributed by atoms with Crippen molar-refractivity contribution in [2.75, 3.05) is 6.61 Å². The van der Waals surface area contributed by atoms with Gasteiger partial charge in [0, 0.05) is 16.6 Å². The van der Waals surface area contributed by atoms with E-state index in [1.807, 2.05) is 31.2 Å². The lowest BCUT2D eigenvalue weighted by Crippen LogP contribution is -2.26. The van der Waals surface area contributed by atoms with Gasteiger partial charge in [0.05, 0.1) is 17.7 Å². The molecule has 1 atom stereocenters. The monoisotopic (exact) mass is 403 g/mol. The van der Waals surface area contributed by atoms with E-state index in [2.05, 4.69) is 0 Å². The molecule has 5 heteroatoms. The van der Waals surface area contributed by atoms with Gasteiger partial charge in [-0.2, -0.15) is 0 Å². The summed E-state index contributed by atoms with van der Waals surface area (Å²) in [7, 11) is 0. The molecule has 0 amide bonds. The van der Waals surface area contributed by atoms with Crippen LogP contribution in [-0.4, -0.2) is 29.4 Å². The third-order valence-electron chi connectivity index (χ3n) is 5.48. The maximum absolute atomic E-state index is 13.2. The summed E-state index contributed by atoms with van der Waals surface area (Å²) in [6.45, 7) is 4.08. The molecule has 0 aliphatic heterocycles. The van der Waals surface area contributed by atoms with Crippen LogP contribution < -0.4 is 4.74 Å². The molecule has 0 fully saturated rings. The molecule has 0 bridgehead atoms. The van der Waals surface area contributed by atoms with Crippen molar-refractivity contribution in [1.82, 2.24) is 4.98 Å². The Balaban J connectivity index is 1.60. The summed E-state index contributed by atoms with van der Waals surface area (Å²) >= 11 is 0. The van der Waals surface area contributed by atoms with E-state index in [9.17, 15) is 9.59 Å². The van der Waals surface area contributed by atoms with Crippen LogP contribution in [0.15, 0.2) is 48.5 Å². The predicted molar refractivity (Wildman–Crippen MR) is 115 cm³/mol. The number of aryl methyl sites for hydroxylation is 1. The lowest BCUT2D eigenvalue weighted by atomic mass is 9.90. The number of ether oxygens (including phenoxy) is 2. The number of hydrogen-bond donors (Lipinski definition) is 0. The van der Waals surface area contributed by atoms with Crippen molar-refractivity contribution in [3.8, 4) is 5.75 Å². The average Bonchev–Trinajstić information content (AvgIpc) is 2.77. The number of rotatable bonds is 6. The fraction of sp³-hybridized carbons (Fsp3) is 0.320. The van der Waals surface area contributed by atoms with E-state index < -0.39 is 12.1 Å². The van der Waals surface area contributed by atoms with Gasteiger partial charge in [-0.1, -0.05) is 18.2 Å². The Morgan fingerprint density at radius 1 is 1.03 bits per heavy atom. The van der Waals surface area contributed by atoms with Crippen LogP contribution in [-0.2, 0) is 17.6 Å². The summed E-state index contributed by atoms with van der Waals surface area (Å²) in [5.41, 5.74) is 3.76. The molecule has 0 unspecified atom stereocenters. The Bertz CT molecular complexity index is 1090. The van der Waals surface area contributed by atoms with Crippen molar-refractivity contribution in [3.63, 3.8) is 0 Å². The van der Waals surface area contributed by atoms with E-state index in [0.717, 1.165) is 47.8 Å². The van der Waals surface area contributed by atoms with Gasteiger partial charge in [-0.3, -0.25) is 9.78 Å². The summed E-state index contributed by atoms with van der Waals surface area (Å²) in [4.78, 5) is 30.8. The van der Waals surface area contributed by atoms with Crippen LogP contribution in [0.4, 0.5) is 0 Å². The first-order valence-electron chi connectivity index (χ1n) is 10.5. The second-order valence-electron chi connectivity index (χ2n) is 7.51. The number of carbonyl (C=O) groups excluding carboxylic acids is 2. The molecule has 0 saturated heterocycles. The minimum Gasteiger partial charge on any atom is -0.494 e. The number of para-hydroxylation sites is 1. The molecule has 1 heterocycles. The van der Waals surface area contributed by atoms with Crippen molar-refractivity contribution in [3.05, 3.63) is 70.9 Å². The highest BCUT2D eigenvalue weighted by molar-refractivity contribution is 6.07. The normalized spacial score (nSPS) is 14.1. The highest BCUT2D eigenvalue weighted by Gasteiger charge is 2.27. The van der Waals surface area contributed by atoms with Crippen LogP contribution in [0.25, 0.3) is 10.9 Å². The molecule has 30 heavy (non-hydrogen) atoms. The molecule has 2 aromatic carbocycles. The first-order chi connectivity index (χ1) is 14.6. The van der Waals surface area contributed by atoms with Gasteiger partial charge in [0.2, 0.25) is 5.78 Å². The summed E-state index contributed by atoms with van der Waals surface area (Å²) in [5.74, 6) is 0.00532. The first-order valence-corrected chi connectivity index (χ1v) is 10.5. The second-order valence-corrected chi connectivity index (χ2v) is 7.51. The number of carbonyl (C=O) groups is 2. The molecule has 0 radical (unpaired) electrons. The van der Waals surface area contributed by atoms with Crippen LogP contribution >= 0.6 is 0 Å². The molecule has 0 N–H and O–H groups in total. The van der Waals surface area contributed by atoms with Crippen molar-refractivity contribution in [1.29, 1.82) is 0 Å². The Labute approximate surface area is 176 Å². The zero-order chi connectivity index (χ0) is 21.1. The minimum atomic E-state index is -0.887. The molecule has 1 aliphatic rings. The van der Waals surface area contributed by atoms with E-state index in [1.54, 1.807) is 31.2 Å². The number of Topliss-reactive ketones (excluding diaryl/α,β-unsaturated/α-hetero) is 1. The van der Waals surface area contributed by atoms with Gasteiger partial charge in [-0.05, 0) is 75.4 Å². The summed E-state index contributed by atoms with van der Waals surface area (Å²) < 4.78 is 11.1. The van der Waals surface area contributed by atoms with Gasteiger partial charge in [-0.15, -0.1) is 0 Å². The standard InChI is InChI=1S/C25H25NO4/c1-3-29-18-14-12-17(13-15-18)24(27)16(2)30-25(28)23-19-8-4-6-10-21(19)26-22-11-7-5-9-20(22)23/h4,6,8,10,12-16H,3,5,7,9,11H2,1-2H3/t16-/m1/s1. The van der Waals surface area contributed by atoms with E-state index in [0.29, 0.717) is 23.5 Å². The van der Waals surface area contributed by atoms with Crippen molar-refractivity contribution >= 4 is 22.7 Å². The summed E-state index contributed by atoms with van der Waals surface area (Å²) in [6.07, 6.45) is 2.87. The smallest absolute Gasteiger partial charge is 0.339 e. The molecule has 0 spiro atoms. The van der Waals surface area contributed by atoms with Crippen molar-refractivity contribution < 1.29 is 19.1 Å². The molecule has 3 aromatic rings. The number of pyridine rings is 1. The molecular formula is C25H25NO4. The summed E-state index contributed by atoms with van der Waals surface area (Å²) in [5, 5.41) is 0.781. The fourth-order valence-electron chi connectivity index (χ4n) is 4.00. The van der Waals surface area contributed by atoms with Crippen molar-refractivity contribution in [2.45, 2.75) is 45.6 Å². The van der Waals surface area contributed by atoms with Gasteiger partial charge in [0.1, 0.15) is 5.75 Å². The predicted octanol–water partition coefficient (Wildman–Crippen LogP) is 4.94. The highest BCUT2D eigenvalue weighted by Crippen LogP contribution is 2.30. The molecule has 1 aliphatic carbocycles. The maximum atomic E-state index is 13.2. The van der Waals surface area contributed by atoms with Crippen molar-refractivity contribution in [2.24, 2.45) is 0 Å². The maximum Gasteiger partial charge on any atom is 0.339 e. The van der Waals surface area contributed by atoms with Crippen LogP contribution in [0.1, 0.15) is 58.7 Å². The van der Waals surface area contributed by atoms with Gasteiger partial charge >= 0.3 is 5.97 Å². The number of hydrogen-bond acceptors (Lipinski definition) is 5. The number of nitrogens with zero attached hydrogens (tertiary/aromatic N) is 1. The summed E-state index contributed by atoms with van der Waals surface area (Å²) in [6, 6.07) is 14.5. The highest BCUT2D eigenvalue weighted by atomic mass is 16.5. The lowest BCUT2D eigenvalue weighted by Gasteiger charge is -2.21. The molecule has 4 rings (SSSR count). The van der Waals surface area contributed by atoms with Gasteiger partial charge in [-0.25, -0.2) is 4.79 Å². The average molecular weight is 403 g/mol. The van der Waals surface area contributed by atoms with Gasteiger partial charge in [0.15, 0.2) is 6.10 Å². The Morgan fingerprint density at radius 3 is 2.53 bits per heavy atom. The van der Waals surface area contributed by atoms with Crippen LogP contribution in [0.3, 0.4) is 0 Å². The lowest BCUT2D eigenvalue weighted by molar-refractivity contribution is 0.0319. The molecule has 154 valence electrons. The van der Waals surface area contributed by atoms with E-state index in [-0.39, 0.29) is 5.78 Å². The zero-order valence-corrected chi connectivity index (χ0v) is 17.3. The number of fused-ring (bicyclic) bond motifs is 2. The number of aromatic nitrogens is 1. The molecule has 5 nitrogen and oxygen atoms in total. The van der Waals surface area contributed by atoms with E-state index >= 15 is 0 Å². The van der Waals surface area contributed by atoms with E-state index in [1.165, 1.54) is 0 Å². The first kappa shape index (κ1) is 20.1. The van der Waals surface area contributed by atoms with Crippen LogP contribution in [0, 0.1) is 0 Å². The van der Waals surface area contributed by atoms with Gasteiger partial charge in [0.25, 0.3) is 0 Å². The third-order valence-corrected chi connectivity index (χ3v) is 5.48.